The molecule has 3 N–H and O–H groups in total. The van der Waals surface area contributed by atoms with Gasteiger partial charge in [0.2, 0.25) is 0 Å². The van der Waals surface area contributed by atoms with Gasteiger partial charge < -0.3 is 15.5 Å². The van der Waals surface area contributed by atoms with Crippen molar-refractivity contribution in [3.05, 3.63) is 58.6 Å². The van der Waals surface area contributed by atoms with Crippen LogP contribution in [-0.4, -0.2) is 41.5 Å². The van der Waals surface area contributed by atoms with Crippen molar-refractivity contribution in [3.63, 3.8) is 0 Å². The Morgan fingerprint density at radius 3 is 2.29 bits per heavy atom. The molecule has 0 spiro atoms. The second-order valence-corrected chi connectivity index (χ2v) is 12.5. The number of benzene rings is 2. The Balaban J connectivity index is 1.59. The highest BCUT2D eigenvalue weighted by Gasteiger charge is 2.59. The monoisotopic (exact) mass is 527 g/mol. The van der Waals surface area contributed by atoms with E-state index < -0.39 is 44.3 Å². The number of fused-ring (bicyclic) bond motifs is 2. The van der Waals surface area contributed by atoms with Crippen LogP contribution in [0.5, 0.6) is 0 Å². The van der Waals surface area contributed by atoms with Crippen LogP contribution in [0, 0.1) is 29.4 Å². The normalized spacial score (nSPS) is 27.1. The van der Waals surface area contributed by atoms with E-state index in [1.807, 2.05) is 13.8 Å². The Labute approximate surface area is 208 Å². The number of rotatable bonds is 6. The van der Waals surface area contributed by atoms with Gasteiger partial charge in [-0.1, -0.05) is 25.4 Å². The van der Waals surface area contributed by atoms with Gasteiger partial charge >= 0.3 is 0 Å². The maximum Gasteiger partial charge on any atom is 0.255 e. The van der Waals surface area contributed by atoms with Crippen molar-refractivity contribution >= 4 is 33.0 Å². The summed E-state index contributed by atoms with van der Waals surface area (Å²) in [5.41, 5.74) is -1.32. The summed E-state index contributed by atoms with van der Waals surface area (Å²) in [7, 11) is -3.97. The van der Waals surface area contributed by atoms with Gasteiger partial charge in [0.15, 0.2) is 21.5 Å². The number of amides is 1. The predicted molar refractivity (Wildman–Crippen MR) is 128 cm³/mol. The zero-order chi connectivity index (χ0) is 25.7. The number of hydrogen-bond acceptors (Lipinski definition) is 5. The van der Waals surface area contributed by atoms with E-state index in [-0.39, 0.29) is 51.8 Å². The third-order valence-electron chi connectivity index (χ3n) is 7.49. The SMILES string of the molecule is CC(C)C(O)[C@@]1(O)C2CC[C@H]1C[C@H](S(=O)(=O)c1cc(C(=O)Nc3ccc(F)c(F)c3)ccc1Cl)C2. The maximum atomic E-state index is 13.6. The molecule has 0 radical (unpaired) electrons. The maximum absolute atomic E-state index is 13.6. The molecule has 35 heavy (non-hydrogen) atoms. The Kier molecular flexibility index (Phi) is 7.00. The molecule has 0 aromatic heterocycles. The van der Waals surface area contributed by atoms with E-state index in [0.29, 0.717) is 12.8 Å². The molecule has 2 aromatic rings. The lowest BCUT2D eigenvalue weighted by atomic mass is 9.69. The first-order valence-electron chi connectivity index (χ1n) is 11.6. The fourth-order valence-electron chi connectivity index (χ4n) is 5.63. The average molecular weight is 528 g/mol. The van der Waals surface area contributed by atoms with E-state index >= 15 is 0 Å². The molecule has 190 valence electrons. The second kappa shape index (κ2) is 9.42. The van der Waals surface area contributed by atoms with Gasteiger partial charge in [0, 0.05) is 17.3 Å². The van der Waals surface area contributed by atoms with E-state index in [1.165, 1.54) is 24.3 Å². The Morgan fingerprint density at radius 1 is 1.09 bits per heavy atom. The van der Waals surface area contributed by atoms with Gasteiger partial charge in [0.1, 0.15) is 0 Å². The van der Waals surface area contributed by atoms with Gasteiger partial charge in [0.05, 0.1) is 26.9 Å². The molecule has 2 bridgehead atoms. The lowest BCUT2D eigenvalue weighted by molar-refractivity contribution is -0.156. The molecule has 0 saturated heterocycles. The molecule has 2 unspecified atom stereocenters. The standard InChI is InChI=1S/C25H28ClF2NO5S/c1-13(2)23(30)25(32)15-4-5-16(25)11-18(10-15)35(33,34)22-9-14(3-7-19(22)26)24(31)29-17-6-8-20(27)21(28)12-17/h3,6-9,12-13,15-16,18,23,30,32H,4-5,10-11H2,1-2H3,(H,29,31)/t15-,16?,18-,23?,25-/m0/s1. The highest BCUT2D eigenvalue weighted by Crippen LogP contribution is 2.54. The molecule has 2 aliphatic carbocycles. The van der Waals surface area contributed by atoms with Crippen molar-refractivity contribution in [2.45, 2.75) is 61.4 Å². The van der Waals surface area contributed by atoms with Crippen molar-refractivity contribution in [3.8, 4) is 0 Å². The van der Waals surface area contributed by atoms with Crippen molar-refractivity contribution in [1.29, 1.82) is 0 Å². The first-order chi connectivity index (χ1) is 16.4. The van der Waals surface area contributed by atoms with Gasteiger partial charge in [-0.3, -0.25) is 4.79 Å². The molecule has 0 heterocycles. The summed E-state index contributed by atoms with van der Waals surface area (Å²) in [5, 5.41) is 23.6. The zero-order valence-electron chi connectivity index (χ0n) is 19.3. The topological polar surface area (TPSA) is 104 Å². The lowest BCUT2D eigenvalue weighted by Gasteiger charge is -2.46. The number of carbonyl (C=O) groups excluding carboxylic acids is 1. The minimum absolute atomic E-state index is 0.0109. The highest BCUT2D eigenvalue weighted by molar-refractivity contribution is 7.92. The van der Waals surface area contributed by atoms with Crippen LogP contribution in [0.3, 0.4) is 0 Å². The fraction of sp³-hybridized carbons (Fsp3) is 0.480. The molecule has 10 heteroatoms. The number of hydrogen-bond donors (Lipinski definition) is 3. The number of aliphatic hydroxyl groups is 2. The van der Waals surface area contributed by atoms with Crippen LogP contribution >= 0.6 is 11.6 Å². The molecular weight excluding hydrogens is 500 g/mol. The second-order valence-electron chi connectivity index (χ2n) is 9.91. The largest absolute Gasteiger partial charge is 0.390 e. The summed E-state index contributed by atoms with van der Waals surface area (Å²) in [5.74, 6) is -3.79. The molecule has 6 nitrogen and oxygen atoms in total. The summed E-state index contributed by atoms with van der Waals surface area (Å²) in [6.07, 6.45) is 0.667. The molecular formula is C25H28ClF2NO5S. The molecule has 5 atom stereocenters. The molecule has 1 amide bonds. The van der Waals surface area contributed by atoms with E-state index in [0.717, 1.165) is 12.1 Å². The third-order valence-corrected chi connectivity index (χ3v) is 10.1. The Morgan fingerprint density at radius 2 is 1.71 bits per heavy atom. The van der Waals surface area contributed by atoms with Crippen LogP contribution in [0.1, 0.15) is 49.9 Å². The summed E-state index contributed by atoms with van der Waals surface area (Å²) in [6.45, 7) is 3.64. The average Bonchev–Trinajstić information content (AvgIpc) is 2.97. The number of carbonyl (C=O) groups is 1. The quantitative estimate of drug-likeness (QED) is 0.510. The first-order valence-corrected chi connectivity index (χ1v) is 13.5. The summed E-state index contributed by atoms with van der Waals surface area (Å²) in [4.78, 5) is 12.5. The molecule has 0 aliphatic heterocycles. The van der Waals surface area contributed by atoms with E-state index in [4.69, 9.17) is 11.6 Å². The van der Waals surface area contributed by atoms with Gasteiger partial charge in [0.25, 0.3) is 5.91 Å². The van der Waals surface area contributed by atoms with E-state index in [1.54, 1.807) is 0 Å². The molecule has 2 fully saturated rings. The van der Waals surface area contributed by atoms with Crippen LogP contribution in [0.4, 0.5) is 14.5 Å². The first kappa shape index (κ1) is 26.0. The van der Waals surface area contributed by atoms with Gasteiger partial charge in [-0.05, 0) is 73.8 Å². The number of sulfone groups is 1. The van der Waals surface area contributed by atoms with Crippen LogP contribution in [0.25, 0.3) is 0 Å². The number of aliphatic hydroxyl groups excluding tert-OH is 1. The fourth-order valence-corrected chi connectivity index (χ4v) is 8.03. The number of nitrogens with one attached hydrogen (secondary N) is 1. The molecule has 2 aromatic carbocycles. The highest BCUT2D eigenvalue weighted by atomic mass is 35.5. The Hall–Kier alpha value is -2.07. The smallest absolute Gasteiger partial charge is 0.255 e. The minimum Gasteiger partial charge on any atom is -0.390 e. The molecule has 4 rings (SSSR count). The number of anilines is 1. The predicted octanol–water partition coefficient (Wildman–Crippen LogP) is 4.58. The van der Waals surface area contributed by atoms with Crippen molar-refractivity contribution in [2.75, 3.05) is 5.32 Å². The summed E-state index contributed by atoms with van der Waals surface area (Å²) in [6, 6.07) is 6.72. The van der Waals surface area contributed by atoms with Crippen LogP contribution < -0.4 is 5.32 Å². The lowest BCUT2D eigenvalue weighted by Crippen LogP contribution is -2.57. The number of halogens is 3. The van der Waals surface area contributed by atoms with Gasteiger partial charge in [-0.15, -0.1) is 0 Å². The summed E-state index contributed by atoms with van der Waals surface area (Å²) >= 11 is 6.25. The van der Waals surface area contributed by atoms with Gasteiger partial charge in [-0.25, -0.2) is 17.2 Å². The summed E-state index contributed by atoms with van der Waals surface area (Å²) < 4.78 is 53.8. The Bertz CT molecular complexity index is 1240. The van der Waals surface area contributed by atoms with Crippen LogP contribution in [-0.2, 0) is 9.84 Å². The third kappa shape index (κ3) is 4.59. The molecule has 2 aliphatic rings. The van der Waals surface area contributed by atoms with Crippen molar-refractivity contribution < 1.29 is 32.2 Å². The van der Waals surface area contributed by atoms with Crippen LogP contribution in [0.15, 0.2) is 41.3 Å². The minimum atomic E-state index is -3.97. The van der Waals surface area contributed by atoms with Gasteiger partial charge in [-0.2, -0.15) is 0 Å². The van der Waals surface area contributed by atoms with Crippen LogP contribution in [0.2, 0.25) is 5.02 Å². The van der Waals surface area contributed by atoms with Crippen molar-refractivity contribution in [2.24, 2.45) is 17.8 Å². The molecule has 2 saturated carbocycles. The zero-order valence-corrected chi connectivity index (χ0v) is 20.9. The van der Waals surface area contributed by atoms with E-state index in [2.05, 4.69) is 5.32 Å². The van der Waals surface area contributed by atoms with E-state index in [9.17, 15) is 32.2 Å². The van der Waals surface area contributed by atoms with Crippen molar-refractivity contribution in [1.82, 2.24) is 0 Å².